The summed E-state index contributed by atoms with van der Waals surface area (Å²) in [4.78, 5) is 25.4. The maximum absolute atomic E-state index is 11.9. The van der Waals surface area contributed by atoms with E-state index >= 15 is 0 Å². The Balaban J connectivity index is 1.96. The number of thiophene rings is 1. The van der Waals surface area contributed by atoms with Gasteiger partial charge in [0.1, 0.15) is 0 Å². The third-order valence-electron chi connectivity index (χ3n) is 2.82. The van der Waals surface area contributed by atoms with Crippen molar-refractivity contribution in [2.24, 2.45) is 7.05 Å². The van der Waals surface area contributed by atoms with Crippen molar-refractivity contribution in [3.8, 4) is 0 Å². The van der Waals surface area contributed by atoms with E-state index < -0.39 is 5.91 Å². The molecule has 0 aromatic carbocycles. The lowest BCUT2D eigenvalue weighted by Crippen LogP contribution is -2.41. The van der Waals surface area contributed by atoms with Crippen LogP contribution in [0.15, 0.2) is 18.5 Å². The van der Waals surface area contributed by atoms with Crippen LogP contribution >= 0.6 is 11.3 Å². The molecule has 20 heavy (non-hydrogen) atoms. The number of aromatic nitrogens is 2. The molecule has 6 nitrogen and oxygen atoms in total. The van der Waals surface area contributed by atoms with Gasteiger partial charge in [-0.05, 0) is 25.0 Å². The van der Waals surface area contributed by atoms with Crippen molar-refractivity contribution in [1.82, 2.24) is 20.6 Å². The lowest BCUT2D eigenvalue weighted by molar-refractivity contribution is 0.0849. The van der Waals surface area contributed by atoms with E-state index in [1.807, 2.05) is 19.9 Å². The highest BCUT2D eigenvalue weighted by Gasteiger charge is 2.13. The standard InChI is InChI=1S/C13H16N4O2S/c1-4-10-8(2)5-11(20-10)13(19)16-15-12(18)9-6-14-17(3)7-9/h5-7H,4H2,1-3H3,(H,15,18)(H,16,19). The zero-order valence-electron chi connectivity index (χ0n) is 11.6. The van der Waals surface area contributed by atoms with Gasteiger partial charge in [-0.1, -0.05) is 6.92 Å². The van der Waals surface area contributed by atoms with Gasteiger partial charge in [0, 0.05) is 18.1 Å². The third kappa shape index (κ3) is 3.05. The first-order chi connectivity index (χ1) is 9.51. The number of amides is 2. The van der Waals surface area contributed by atoms with Crippen molar-refractivity contribution in [2.75, 3.05) is 0 Å². The molecular formula is C13H16N4O2S. The Kier molecular flexibility index (Phi) is 4.19. The van der Waals surface area contributed by atoms with E-state index in [4.69, 9.17) is 0 Å². The fraction of sp³-hybridized carbons (Fsp3) is 0.308. The summed E-state index contributed by atoms with van der Waals surface area (Å²) in [5.41, 5.74) is 6.27. The maximum atomic E-state index is 11.9. The molecule has 0 aliphatic heterocycles. The first kappa shape index (κ1) is 14.3. The maximum Gasteiger partial charge on any atom is 0.279 e. The van der Waals surface area contributed by atoms with Crippen molar-refractivity contribution < 1.29 is 9.59 Å². The molecule has 0 bridgehead atoms. The molecule has 2 N–H and O–H groups in total. The zero-order valence-corrected chi connectivity index (χ0v) is 12.4. The smallest absolute Gasteiger partial charge is 0.275 e. The molecule has 0 aliphatic carbocycles. The van der Waals surface area contributed by atoms with Gasteiger partial charge in [0.2, 0.25) is 0 Å². The SMILES string of the molecule is CCc1sc(C(=O)NNC(=O)c2cnn(C)c2)cc1C. The van der Waals surface area contributed by atoms with Gasteiger partial charge in [0.15, 0.2) is 0 Å². The van der Waals surface area contributed by atoms with Gasteiger partial charge in [0.25, 0.3) is 11.8 Å². The van der Waals surface area contributed by atoms with Crippen LogP contribution in [0.25, 0.3) is 0 Å². The number of rotatable bonds is 3. The average Bonchev–Trinajstić information content (AvgIpc) is 3.01. The Morgan fingerprint density at radius 1 is 1.35 bits per heavy atom. The Morgan fingerprint density at radius 3 is 2.60 bits per heavy atom. The molecule has 0 fully saturated rings. The molecule has 2 aromatic heterocycles. The summed E-state index contributed by atoms with van der Waals surface area (Å²) >= 11 is 1.44. The van der Waals surface area contributed by atoms with Crippen LogP contribution in [0.4, 0.5) is 0 Å². The number of carbonyl (C=O) groups excluding carboxylic acids is 2. The van der Waals surface area contributed by atoms with Crippen LogP contribution in [0, 0.1) is 6.92 Å². The Morgan fingerprint density at radius 2 is 2.05 bits per heavy atom. The summed E-state index contributed by atoms with van der Waals surface area (Å²) in [5.74, 6) is -0.703. The molecule has 2 heterocycles. The van der Waals surface area contributed by atoms with Gasteiger partial charge in [-0.3, -0.25) is 25.1 Å². The summed E-state index contributed by atoms with van der Waals surface area (Å²) in [5, 5.41) is 3.89. The molecule has 2 amide bonds. The fourth-order valence-corrected chi connectivity index (χ4v) is 2.78. The molecule has 7 heteroatoms. The molecule has 0 aliphatic rings. The zero-order chi connectivity index (χ0) is 14.7. The monoisotopic (exact) mass is 292 g/mol. The highest BCUT2D eigenvalue weighted by Crippen LogP contribution is 2.21. The van der Waals surface area contributed by atoms with Gasteiger partial charge in [-0.15, -0.1) is 11.3 Å². The third-order valence-corrected chi connectivity index (χ3v) is 4.20. The normalized spacial score (nSPS) is 10.3. The van der Waals surface area contributed by atoms with E-state index in [0.29, 0.717) is 10.4 Å². The molecular weight excluding hydrogens is 276 g/mol. The van der Waals surface area contributed by atoms with Crippen LogP contribution < -0.4 is 10.9 Å². The van der Waals surface area contributed by atoms with E-state index in [-0.39, 0.29) is 5.91 Å². The first-order valence-corrected chi connectivity index (χ1v) is 7.01. The lowest BCUT2D eigenvalue weighted by atomic mass is 10.2. The predicted molar refractivity (Wildman–Crippen MR) is 76.6 cm³/mol. The van der Waals surface area contributed by atoms with E-state index in [2.05, 4.69) is 16.0 Å². The number of nitrogens with one attached hydrogen (secondary N) is 2. The minimum atomic E-state index is -0.393. The second-order valence-electron chi connectivity index (χ2n) is 4.38. The molecule has 0 saturated heterocycles. The number of hydrogen-bond donors (Lipinski definition) is 2. The van der Waals surface area contributed by atoms with Crippen molar-refractivity contribution >= 4 is 23.2 Å². The van der Waals surface area contributed by atoms with Crippen molar-refractivity contribution in [2.45, 2.75) is 20.3 Å². The molecule has 2 aromatic rings. The Labute approximate surface area is 120 Å². The molecule has 0 unspecified atom stereocenters. The van der Waals surface area contributed by atoms with E-state index in [1.54, 1.807) is 13.2 Å². The average molecular weight is 292 g/mol. The summed E-state index contributed by atoms with van der Waals surface area (Å²) in [6.45, 7) is 4.02. The lowest BCUT2D eigenvalue weighted by Gasteiger charge is -2.04. The minimum absolute atomic E-state index is 0.310. The Hall–Kier alpha value is -2.15. The second kappa shape index (κ2) is 5.87. The molecule has 106 valence electrons. The molecule has 0 saturated carbocycles. The van der Waals surface area contributed by atoms with Gasteiger partial charge in [-0.2, -0.15) is 5.10 Å². The van der Waals surface area contributed by atoms with Crippen molar-refractivity contribution in [3.63, 3.8) is 0 Å². The molecule has 0 radical (unpaired) electrons. The molecule has 0 atom stereocenters. The summed E-state index contributed by atoms with van der Waals surface area (Å²) in [6, 6.07) is 1.83. The number of hydrazine groups is 1. The van der Waals surface area contributed by atoms with Crippen molar-refractivity contribution in [3.05, 3.63) is 39.3 Å². The second-order valence-corrected chi connectivity index (χ2v) is 5.52. The van der Waals surface area contributed by atoms with Gasteiger partial charge < -0.3 is 0 Å². The largest absolute Gasteiger partial charge is 0.279 e. The van der Waals surface area contributed by atoms with Crippen LogP contribution in [-0.2, 0) is 13.5 Å². The highest BCUT2D eigenvalue weighted by molar-refractivity contribution is 7.14. The van der Waals surface area contributed by atoms with Crippen LogP contribution in [0.2, 0.25) is 0 Å². The number of carbonyl (C=O) groups is 2. The van der Waals surface area contributed by atoms with Gasteiger partial charge >= 0.3 is 0 Å². The van der Waals surface area contributed by atoms with Crippen molar-refractivity contribution in [1.29, 1.82) is 0 Å². The summed E-state index contributed by atoms with van der Waals surface area (Å²) in [7, 11) is 1.72. The topological polar surface area (TPSA) is 76.0 Å². The van der Waals surface area contributed by atoms with Gasteiger partial charge in [0.05, 0.1) is 16.6 Å². The fourth-order valence-electron chi connectivity index (χ4n) is 1.77. The predicted octanol–water partition coefficient (Wildman–Crippen LogP) is 1.43. The van der Waals surface area contributed by atoms with E-state index in [0.717, 1.165) is 12.0 Å². The van der Waals surface area contributed by atoms with Crippen LogP contribution in [-0.4, -0.2) is 21.6 Å². The van der Waals surface area contributed by atoms with E-state index in [1.165, 1.54) is 27.1 Å². The number of hydrogen-bond acceptors (Lipinski definition) is 4. The van der Waals surface area contributed by atoms with E-state index in [9.17, 15) is 9.59 Å². The number of nitrogens with zero attached hydrogens (tertiary/aromatic N) is 2. The van der Waals surface area contributed by atoms with Crippen LogP contribution in [0.1, 0.15) is 37.4 Å². The summed E-state index contributed by atoms with van der Waals surface area (Å²) in [6.07, 6.45) is 3.91. The molecule has 2 rings (SSSR count). The van der Waals surface area contributed by atoms with Crippen LogP contribution in [0.5, 0.6) is 0 Å². The first-order valence-electron chi connectivity index (χ1n) is 6.20. The molecule has 0 spiro atoms. The minimum Gasteiger partial charge on any atom is -0.275 e. The van der Waals surface area contributed by atoms with Crippen LogP contribution in [0.3, 0.4) is 0 Å². The number of aryl methyl sites for hydroxylation is 3. The summed E-state index contributed by atoms with van der Waals surface area (Å²) < 4.78 is 1.52. The quantitative estimate of drug-likeness (QED) is 0.840. The Bertz CT molecular complexity index is 645. The highest BCUT2D eigenvalue weighted by atomic mass is 32.1. The van der Waals surface area contributed by atoms with Gasteiger partial charge in [-0.25, -0.2) is 0 Å².